The molecule has 5 heteroatoms. The summed E-state index contributed by atoms with van der Waals surface area (Å²) in [5, 5.41) is 2.93. The predicted molar refractivity (Wildman–Crippen MR) is 90.7 cm³/mol. The van der Waals surface area contributed by atoms with Gasteiger partial charge < -0.3 is 9.73 Å². The summed E-state index contributed by atoms with van der Waals surface area (Å²) in [5.74, 6) is 0.190. The van der Waals surface area contributed by atoms with Crippen LogP contribution < -0.4 is 11.1 Å². The van der Waals surface area contributed by atoms with Crippen LogP contribution in [0.2, 0.25) is 0 Å². The molecule has 0 bridgehead atoms. The number of carbonyl (C=O) groups excluding carboxylic acids is 1. The van der Waals surface area contributed by atoms with Crippen molar-refractivity contribution >= 4 is 22.7 Å². The largest absolute Gasteiger partial charge is 0.420 e. The Kier molecular flexibility index (Phi) is 4.55. The van der Waals surface area contributed by atoms with E-state index < -0.39 is 0 Å². The lowest BCUT2D eigenvalue weighted by atomic mass is 9.87. The minimum absolute atomic E-state index is 0.0375. The highest BCUT2D eigenvalue weighted by Crippen LogP contribution is 2.27. The monoisotopic (exact) mass is 316 g/mol. The maximum absolute atomic E-state index is 12.2. The molecule has 1 amide bonds. The minimum Gasteiger partial charge on any atom is -0.408 e. The van der Waals surface area contributed by atoms with E-state index in [1.54, 1.807) is 10.6 Å². The summed E-state index contributed by atoms with van der Waals surface area (Å²) in [5.41, 5.74) is 1.96. The SMILES string of the molecule is CC(C)n1c(=O)oc2cc(NC(=O)CC3CCCCC3)ccc21. The zero-order valence-electron chi connectivity index (χ0n) is 13.8. The Bertz CT molecular complexity index is 751. The van der Waals surface area contributed by atoms with Gasteiger partial charge in [-0.3, -0.25) is 9.36 Å². The van der Waals surface area contributed by atoms with Crippen molar-refractivity contribution in [3.8, 4) is 0 Å². The minimum atomic E-state index is -0.360. The molecule has 2 aromatic rings. The molecule has 0 unspecified atom stereocenters. The van der Waals surface area contributed by atoms with Gasteiger partial charge in [0.2, 0.25) is 5.91 Å². The van der Waals surface area contributed by atoms with Crippen LogP contribution in [-0.2, 0) is 4.79 Å². The van der Waals surface area contributed by atoms with Crippen molar-refractivity contribution in [2.24, 2.45) is 5.92 Å². The Labute approximate surface area is 135 Å². The number of nitrogens with one attached hydrogen (secondary N) is 1. The van der Waals surface area contributed by atoms with Gasteiger partial charge in [0.05, 0.1) is 5.52 Å². The van der Waals surface area contributed by atoms with Gasteiger partial charge in [0.1, 0.15) is 0 Å². The van der Waals surface area contributed by atoms with E-state index in [2.05, 4.69) is 5.32 Å². The van der Waals surface area contributed by atoms with Crippen molar-refractivity contribution in [3.05, 3.63) is 28.7 Å². The zero-order chi connectivity index (χ0) is 16.4. The Morgan fingerprint density at radius 3 is 2.74 bits per heavy atom. The summed E-state index contributed by atoms with van der Waals surface area (Å²) in [4.78, 5) is 24.1. The molecule has 1 fully saturated rings. The highest BCUT2D eigenvalue weighted by molar-refractivity contribution is 5.92. The predicted octanol–water partition coefficient (Wildman–Crippen LogP) is 4.08. The Morgan fingerprint density at radius 2 is 2.04 bits per heavy atom. The van der Waals surface area contributed by atoms with Gasteiger partial charge in [-0.05, 0) is 44.7 Å². The average Bonchev–Trinajstić information content (AvgIpc) is 2.83. The molecule has 1 aromatic carbocycles. The highest BCUT2D eigenvalue weighted by atomic mass is 16.4. The number of carbonyl (C=O) groups is 1. The van der Waals surface area contributed by atoms with E-state index in [1.165, 1.54) is 19.3 Å². The molecular formula is C18H24N2O3. The average molecular weight is 316 g/mol. The number of aromatic nitrogens is 1. The van der Waals surface area contributed by atoms with Crippen molar-refractivity contribution < 1.29 is 9.21 Å². The molecule has 124 valence electrons. The summed E-state index contributed by atoms with van der Waals surface area (Å²) in [6.07, 6.45) is 6.64. The second-order valence-electron chi connectivity index (χ2n) is 6.77. The van der Waals surface area contributed by atoms with Gasteiger partial charge in [0.25, 0.3) is 0 Å². The van der Waals surface area contributed by atoms with E-state index in [0.29, 0.717) is 23.6 Å². The van der Waals surface area contributed by atoms with Crippen LogP contribution in [0, 0.1) is 5.92 Å². The van der Waals surface area contributed by atoms with Gasteiger partial charge in [-0.15, -0.1) is 0 Å². The van der Waals surface area contributed by atoms with Crippen LogP contribution in [-0.4, -0.2) is 10.5 Å². The van der Waals surface area contributed by atoms with Crippen LogP contribution in [0.25, 0.3) is 11.1 Å². The summed E-state index contributed by atoms with van der Waals surface area (Å²) in [6, 6.07) is 5.43. The van der Waals surface area contributed by atoms with Crippen LogP contribution in [0.5, 0.6) is 0 Å². The van der Waals surface area contributed by atoms with Crippen molar-refractivity contribution in [1.29, 1.82) is 0 Å². The van der Waals surface area contributed by atoms with E-state index >= 15 is 0 Å². The molecule has 1 aromatic heterocycles. The van der Waals surface area contributed by atoms with Gasteiger partial charge in [0, 0.05) is 24.2 Å². The molecule has 0 spiro atoms. The number of amides is 1. The van der Waals surface area contributed by atoms with E-state index in [9.17, 15) is 9.59 Å². The van der Waals surface area contributed by atoms with Gasteiger partial charge >= 0.3 is 5.76 Å². The molecular weight excluding hydrogens is 292 g/mol. The smallest absolute Gasteiger partial charge is 0.408 e. The molecule has 1 heterocycles. The van der Waals surface area contributed by atoms with E-state index in [0.717, 1.165) is 18.4 Å². The fourth-order valence-electron chi connectivity index (χ4n) is 3.47. The molecule has 23 heavy (non-hydrogen) atoms. The summed E-state index contributed by atoms with van der Waals surface area (Å²) in [6.45, 7) is 3.88. The number of benzene rings is 1. The fourth-order valence-corrected chi connectivity index (χ4v) is 3.47. The summed E-state index contributed by atoms with van der Waals surface area (Å²) < 4.78 is 6.90. The number of anilines is 1. The first-order valence-electron chi connectivity index (χ1n) is 8.49. The standard InChI is InChI=1S/C18H24N2O3/c1-12(2)20-15-9-8-14(11-16(15)23-18(20)22)19-17(21)10-13-6-4-3-5-7-13/h8-9,11-13H,3-7,10H2,1-2H3,(H,19,21). The summed E-state index contributed by atoms with van der Waals surface area (Å²) >= 11 is 0. The van der Waals surface area contributed by atoms with E-state index in [4.69, 9.17) is 4.42 Å². The molecule has 1 saturated carbocycles. The molecule has 0 saturated heterocycles. The van der Waals surface area contributed by atoms with Crippen LogP contribution in [0.4, 0.5) is 5.69 Å². The van der Waals surface area contributed by atoms with Gasteiger partial charge in [-0.1, -0.05) is 19.3 Å². The Morgan fingerprint density at radius 1 is 1.30 bits per heavy atom. The third kappa shape index (κ3) is 3.49. The topological polar surface area (TPSA) is 64.2 Å². The second-order valence-corrected chi connectivity index (χ2v) is 6.77. The van der Waals surface area contributed by atoms with Crippen LogP contribution in [0.15, 0.2) is 27.4 Å². The first-order valence-corrected chi connectivity index (χ1v) is 8.49. The van der Waals surface area contributed by atoms with Gasteiger partial charge in [0.15, 0.2) is 5.58 Å². The molecule has 1 N–H and O–H groups in total. The van der Waals surface area contributed by atoms with Gasteiger partial charge in [-0.25, -0.2) is 4.79 Å². The normalized spacial score (nSPS) is 16.1. The number of fused-ring (bicyclic) bond motifs is 1. The number of hydrogen-bond acceptors (Lipinski definition) is 3. The fraction of sp³-hybridized carbons (Fsp3) is 0.556. The van der Waals surface area contributed by atoms with Crippen molar-refractivity contribution in [1.82, 2.24) is 4.57 Å². The first-order chi connectivity index (χ1) is 11.0. The Balaban J connectivity index is 1.73. The molecule has 3 rings (SSSR count). The third-order valence-corrected chi connectivity index (χ3v) is 4.61. The number of hydrogen-bond donors (Lipinski definition) is 1. The van der Waals surface area contributed by atoms with Crippen molar-refractivity contribution in [3.63, 3.8) is 0 Å². The van der Waals surface area contributed by atoms with E-state index in [1.807, 2.05) is 26.0 Å². The van der Waals surface area contributed by atoms with E-state index in [-0.39, 0.29) is 17.7 Å². The third-order valence-electron chi connectivity index (χ3n) is 4.61. The molecule has 1 aliphatic rings. The number of oxazole rings is 1. The van der Waals surface area contributed by atoms with Gasteiger partial charge in [-0.2, -0.15) is 0 Å². The quantitative estimate of drug-likeness (QED) is 0.924. The number of nitrogens with zero attached hydrogens (tertiary/aromatic N) is 1. The zero-order valence-corrected chi connectivity index (χ0v) is 13.8. The molecule has 1 aliphatic carbocycles. The van der Waals surface area contributed by atoms with Crippen molar-refractivity contribution in [2.45, 2.75) is 58.4 Å². The first kappa shape index (κ1) is 15.8. The summed E-state index contributed by atoms with van der Waals surface area (Å²) in [7, 11) is 0. The lowest BCUT2D eigenvalue weighted by molar-refractivity contribution is -0.117. The van der Waals surface area contributed by atoms with Crippen molar-refractivity contribution in [2.75, 3.05) is 5.32 Å². The van der Waals surface area contributed by atoms with Crippen LogP contribution in [0.1, 0.15) is 58.4 Å². The highest BCUT2D eigenvalue weighted by Gasteiger charge is 2.18. The maximum atomic E-state index is 12.2. The molecule has 5 nitrogen and oxygen atoms in total. The molecule has 0 radical (unpaired) electrons. The second kappa shape index (κ2) is 6.60. The Hall–Kier alpha value is -2.04. The van der Waals surface area contributed by atoms with Crippen LogP contribution >= 0.6 is 0 Å². The maximum Gasteiger partial charge on any atom is 0.420 e. The lowest BCUT2D eigenvalue weighted by Gasteiger charge is -2.20. The molecule has 0 aliphatic heterocycles. The molecule has 0 atom stereocenters. The van der Waals surface area contributed by atoms with Crippen LogP contribution in [0.3, 0.4) is 0 Å². The number of rotatable bonds is 4. The lowest BCUT2D eigenvalue weighted by Crippen LogP contribution is -2.18.